The van der Waals surface area contributed by atoms with E-state index in [9.17, 15) is 14.4 Å². The number of aryl methyl sites for hydroxylation is 2. The number of carbonyl (C=O) groups is 3. The molecular formula is C26H30N4O3S. The summed E-state index contributed by atoms with van der Waals surface area (Å²) in [5, 5.41) is 0.649. The molecule has 0 N–H and O–H groups in total. The van der Waals surface area contributed by atoms with E-state index in [1.54, 1.807) is 29.2 Å². The summed E-state index contributed by atoms with van der Waals surface area (Å²) in [5.74, 6) is -0.657. The third kappa shape index (κ3) is 4.74. The molecule has 0 unspecified atom stereocenters. The second-order valence-corrected chi connectivity index (χ2v) is 9.57. The second-order valence-electron chi connectivity index (χ2n) is 8.56. The molecule has 1 saturated heterocycles. The smallest absolute Gasteiger partial charge is 0.260 e. The lowest BCUT2D eigenvalue weighted by Crippen LogP contribution is -2.39. The topological polar surface area (TPSA) is 73.8 Å². The molecule has 178 valence electrons. The van der Waals surface area contributed by atoms with Crippen molar-refractivity contribution >= 4 is 50.1 Å². The number of thiazole rings is 1. The van der Waals surface area contributed by atoms with Crippen molar-refractivity contribution in [2.24, 2.45) is 0 Å². The van der Waals surface area contributed by atoms with Crippen LogP contribution in [0.4, 0.5) is 10.8 Å². The Bertz CT molecular complexity index is 1190. The average Bonchev–Trinajstić information content (AvgIpc) is 3.38. The molecule has 34 heavy (non-hydrogen) atoms. The molecule has 0 bridgehead atoms. The number of rotatable bonds is 8. The molecule has 0 atom stereocenters. The fourth-order valence-electron chi connectivity index (χ4n) is 4.15. The molecule has 0 saturated carbocycles. The number of aromatic nitrogens is 1. The van der Waals surface area contributed by atoms with Crippen molar-refractivity contribution < 1.29 is 14.4 Å². The predicted octanol–water partition coefficient (Wildman–Crippen LogP) is 4.56. The van der Waals surface area contributed by atoms with Gasteiger partial charge < -0.3 is 4.90 Å². The Hall–Kier alpha value is -3.10. The van der Waals surface area contributed by atoms with E-state index >= 15 is 0 Å². The van der Waals surface area contributed by atoms with Crippen LogP contribution in [0.5, 0.6) is 0 Å². The summed E-state index contributed by atoms with van der Waals surface area (Å²) in [5.41, 5.74) is 4.11. The predicted molar refractivity (Wildman–Crippen MR) is 137 cm³/mol. The third-order valence-corrected chi connectivity index (χ3v) is 7.45. The van der Waals surface area contributed by atoms with Gasteiger partial charge in [-0.1, -0.05) is 31.3 Å². The van der Waals surface area contributed by atoms with Gasteiger partial charge >= 0.3 is 0 Å². The van der Waals surface area contributed by atoms with E-state index < -0.39 is 0 Å². The number of anilines is 2. The SMILES string of the molecule is CCN(CC)CCN(C(=O)c1cccc(N2C(=O)CCC2=O)c1)c1nc2cc(C)c(C)cc2s1. The molecule has 3 amide bonds. The molecule has 0 aliphatic carbocycles. The lowest BCUT2D eigenvalue weighted by molar-refractivity contribution is -0.121. The number of imide groups is 1. The molecule has 3 aromatic rings. The summed E-state index contributed by atoms with van der Waals surface area (Å²) >= 11 is 1.51. The molecule has 7 nitrogen and oxygen atoms in total. The minimum Gasteiger partial charge on any atom is -0.302 e. The molecule has 1 aliphatic heterocycles. The summed E-state index contributed by atoms with van der Waals surface area (Å²) in [7, 11) is 0. The average molecular weight is 479 g/mol. The Morgan fingerprint density at radius 2 is 1.68 bits per heavy atom. The maximum atomic E-state index is 13.8. The van der Waals surface area contributed by atoms with E-state index in [0.29, 0.717) is 22.9 Å². The maximum absolute atomic E-state index is 13.8. The molecule has 8 heteroatoms. The van der Waals surface area contributed by atoms with Gasteiger partial charge in [0, 0.05) is 31.5 Å². The van der Waals surface area contributed by atoms with Gasteiger partial charge in [-0.15, -0.1) is 0 Å². The summed E-state index contributed by atoms with van der Waals surface area (Å²) < 4.78 is 1.04. The first-order chi connectivity index (χ1) is 16.3. The zero-order valence-corrected chi connectivity index (χ0v) is 20.9. The number of nitrogens with zero attached hydrogens (tertiary/aromatic N) is 4. The van der Waals surface area contributed by atoms with Crippen molar-refractivity contribution in [1.29, 1.82) is 0 Å². The first-order valence-electron chi connectivity index (χ1n) is 11.7. The van der Waals surface area contributed by atoms with Gasteiger partial charge in [-0.05, 0) is 68.4 Å². The van der Waals surface area contributed by atoms with Gasteiger partial charge in [0.1, 0.15) is 0 Å². The molecular weight excluding hydrogens is 448 g/mol. The van der Waals surface area contributed by atoms with Gasteiger partial charge in [-0.2, -0.15) is 0 Å². The first-order valence-corrected chi connectivity index (χ1v) is 12.5. The first kappa shape index (κ1) is 24.0. The fraction of sp³-hybridized carbons (Fsp3) is 0.385. The Balaban J connectivity index is 1.70. The zero-order valence-electron chi connectivity index (χ0n) is 20.1. The summed E-state index contributed by atoms with van der Waals surface area (Å²) in [6.07, 6.45) is 0.412. The molecule has 0 spiro atoms. The van der Waals surface area contributed by atoms with Crippen LogP contribution in [0.15, 0.2) is 36.4 Å². The maximum Gasteiger partial charge on any atom is 0.260 e. The van der Waals surface area contributed by atoms with Gasteiger partial charge in [0.25, 0.3) is 5.91 Å². The number of hydrogen-bond acceptors (Lipinski definition) is 6. The third-order valence-electron chi connectivity index (χ3n) is 6.41. The van der Waals surface area contributed by atoms with Gasteiger partial charge in [-0.3, -0.25) is 24.2 Å². The highest BCUT2D eigenvalue weighted by Crippen LogP contribution is 2.32. The molecule has 2 aromatic carbocycles. The van der Waals surface area contributed by atoms with Crippen molar-refractivity contribution in [2.45, 2.75) is 40.5 Å². The van der Waals surface area contributed by atoms with E-state index in [0.717, 1.165) is 35.4 Å². The Morgan fingerprint density at radius 1 is 1.00 bits per heavy atom. The van der Waals surface area contributed by atoms with Crippen LogP contribution in [-0.4, -0.2) is 53.8 Å². The van der Waals surface area contributed by atoms with Crippen LogP contribution in [-0.2, 0) is 9.59 Å². The molecule has 4 rings (SSSR count). The fourth-order valence-corrected chi connectivity index (χ4v) is 5.22. The lowest BCUT2D eigenvalue weighted by Gasteiger charge is -2.25. The van der Waals surface area contributed by atoms with E-state index in [-0.39, 0.29) is 30.6 Å². The van der Waals surface area contributed by atoms with Crippen molar-refractivity contribution in [2.75, 3.05) is 36.0 Å². The van der Waals surface area contributed by atoms with Crippen LogP contribution in [0.2, 0.25) is 0 Å². The lowest BCUT2D eigenvalue weighted by atomic mass is 10.1. The number of likely N-dealkylation sites (N-methyl/N-ethyl adjacent to an activating group) is 1. The zero-order chi connectivity index (χ0) is 24.4. The quantitative estimate of drug-likeness (QED) is 0.444. The largest absolute Gasteiger partial charge is 0.302 e. The van der Waals surface area contributed by atoms with Crippen LogP contribution >= 0.6 is 11.3 Å². The van der Waals surface area contributed by atoms with Gasteiger partial charge in [0.05, 0.1) is 15.9 Å². The Kier molecular flexibility index (Phi) is 7.09. The monoisotopic (exact) mass is 478 g/mol. The van der Waals surface area contributed by atoms with E-state index in [1.165, 1.54) is 21.8 Å². The summed E-state index contributed by atoms with van der Waals surface area (Å²) in [6.45, 7) is 11.3. The van der Waals surface area contributed by atoms with Crippen molar-refractivity contribution in [3.8, 4) is 0 Å². The van der Waals surface area contributed by atoms with Crippen LogP contribution < -0.4 is 9.80 Å². The number of carbonyl (C=O) groups excluding carboxylic acids is 3. The highest BCUT2D eigenvalue weighted by molar-refractivity contribution is 7.22. The van der Waals surface area contributed by atoms with Crippen LogP contribution in [0, 0.1) is 13.8 Å². The highest BCUT2D eigenvalue weighted by Gasteiger charge is 2.31. The number of benzene rings is 2. The van der Waals surface area contributed by atoms with Crippen molar-refractivity contribution in [1.82, 2.24) is 9.88 Å². The van der Waals surface area contributed by atoms with E-state index in [1.807, 2.05) is 0 Å². The molecule has 1 fully saturated rings. The molecule has 1 aliphatic rings. The van der Waals surface area contributed by atoms with Gasteiger partial charge in [-0.25, -0.2) is 4.98 Å². The van der Waals surface area contributed by atoms with Crippen molar-refractivity contribution in [3.63, 3.8) is 0 Å². The minimum atomic E-state index is -0.232. The molecule has 0 radical (unpaired) electrons. The van der Waals surface area contributed by atoms with Crippen LogP contribution in [0.3, 0.4) is 0 Å². The van der Waals surface area contributed by atoms with Crippen molar-refractivity contribution in [3.05, 3.63) is 53.1 Å². The van der Waals surface area contributed by atoms with E-state index in [4.69, 9.17) is 4.98 Å². The molecule has 2 heterocycles. The van der Waals surface area contributed by atoms with Crippen LogP contribution in [0.1, 0.15) is 48.2 Å². The number of hydrogen-bond donors (Lipinski definition) is 0. The van der Waals surface area contributed by atoms with E-state index in [2.05, 4.69) is 44.7 Å². The highest BCUT2D eigenvalue weighted by atomic mass is 32.1. The minimum absolute atomic E-state index is 0.194. The normalized spacial score (nSPS) is 14.0. The Labute approximate surface area is 204 Å². The standard InChI is InChI=1S/C26H30N4O3S/c1-5-28(6-2)12-13-29(26-27-21-14-17(3)18(4)15-22(21)34-26)25(33)19-8-7-9-20(16-19)30-23(31)10-11-24(30)32/h7-9,14-16H,5-6,10-13H2,1-4H3. The van der Waals surface area contributed by atoms with Gasteiger partial charge in [0.15, 0.2) is 5.13 Å². The Morgan fingerprint density at radius 3 is 2.35 bits per heavy atom. The number of amides is 3. The molecule has 1 aromatic heterocycles. The van der Waals surface area contributed by atoms with Gasteiger partial charge in [0.2, 0.25) is 11.8 Å². The second kappa shape index (κ2) is 10.0. The summed E-state index contributed by atoms with van der Waals surface area (Å²) in [6, 6.07) is 10.9. The summed E-state index contributed by atoms with van der Waals surface area (Å²) in [4.78, 5) is 48.2. The number of fused-ring (bicyclic) bond motifs is 1. The van der Waals surface area contributed by atoms with Crippen LogP contribution in [0.25, 0.3) is 10.2 Å².